The molecule has 1 aromatic carbocycles. The highest BCUT2D eigenvalue weighted by molar-refractivity contribution is 7.14. The Kier molecular flexibility index (Phi) is 5.75. The lowest BCUT2D eigenvalue weighted by Gasteiger charge is -2.05. The monoisotopic (exact) mass is 398 g/mol. The van der Waals surface area contributed by atoms with Crippen molar-refractivity contribution in [3.8, 4) is 0 Å². The van der Waals surface area contributed by atoms with Gasteiger partial charge in [0.05, 0.1) is 6.54 Å². The highest BCUT2D eigenvalue weighted by Gasteiger charge is 2.20. The molecule has 2 heterocycles. The zero-order chi connectivity index (χ0) is 20.3. The van der Waals surface area contributed by atoms with Gasteiger partial charge in [0.2, 0.25) is 5.89 Å². The Morgan fingerprint density at radius 2 is 2.21 bits per heavy atom. The maximum absolute atomic E-state index is 13.7. The number of carbonyl (C=O) groups is 1. The van der Waals surface area contributed by atoms with E-state index in [-0.39, 0.29) is 23.6 Å². The molecule has 0 spiro atoms. The standard InChI is InChI=1S/C21H19FN2O3S/c1-4-12(2)8-9-13(3)14-11-28-20(18(14)21(25)26)23-10-17-24-16-7-5-6-15(22)19(16)27-17/h4-9,11,23H,3,10H2,1-2H3,(H,25,26). The van der Waals surface area contributed by atoms with Gasteiger partial charge in [-0.2, -0.15) is 0 Å². The molecule has 0 aliphatic heterocycles. The number of allylic oxidation sites excluding steroid dienone is 5. The molecule has 5 nitrogen and oxygen atoms in total. The molecule has 0 saturated heterocycles. The highest BCUT2D eigenvalue weighted by atomic mass is 32.1. The molecule has 3 aromatic rings. The van der Waals surface area contributed by atoms with E-state index in [1.165, 1.54) is 17.4 Å². The summed E-state index contributed by atoms with van der Waals surface area (Å²) in [5, 5.41) is 14.9. The molecule has 0 aliphatic carbocycles. The van der Waals surface area contributed by atoms with Crippen LogP contribution in [0.3, 0.4) is 0 Å². The molecular formula is C21H19FN2O3S. The van der Waals surface area contributed by atoms with Crippen molar-refractivity contribution in [2.75, 3.05) is 5.32 Å². The summed E-state index contributed by atoms with van der Waals surface area (Å²) in [6, 6.07) is 4.51. The topological polar surface area (TPSA) is 75.4 Å². The first-order valence-corrected chi connectivity index (χ1v) is 9.41. The number of nitrogens with zero attached hydrogens (tertiary/aromatic N) is 1. The molecule has 3 rings (SSSR count). The smallest absolute Gasteiger partial charge is 0.339 e. The Bertz CT molecular complexity index is 1110. The number of rotatable bonds is 7. The molecular weight excluding hydrogens is 379 g/mol. The number of fused-ring (bicyclic) bond motifs is 1. The van der Waals surface area contributed by atoms with E-state index in [0.29, 0.717) is 21.7 Å². The van der Waals surface area contributed by atoms with Crippen LogP contribution < -0.4 is 5.32 Å². The van der Waals surface area contributed by atoms with Crippen molar-refractivity contribution in [1.29, 1.82) is 0 Å². The van der Waals surface area contributed by atoms with Gasteiger partial charge in [0.25, 0.3) is 0 Å². The summed E-state index contributed by atoms with van der Waals surface area (Å²) >= 11 is 1.26. The van der Waals surface area contributed by atoms with E-state index in [1.54, 1.807) is 23.6 Å². The number of anilines is 1. The molecule has 0 fully saturated rings. The number of aromatic carboxylic acids is 1. The molecule has 144 valence electrons. The first-order chi connectivity index (χ1) is 13.4. The average Bonchev–Trinajstić information content (AvgIpc) is 3.28. The number of hydrogen-bond acceptors (Lipinski definition) is 5. The summed E-state index contributed by atoms with van der Waals surface area (Å²) in [7, 11) is 0. The van der Waals surface area contributed by atoms with Crippen LogP contribution in [0.25, 0.3) is 16.7 Å². The lowest BCUT2D eigenvalue weighted by Crippen LogP contribution is -2.05. The normalized spacial score (nSPS) is 12.0. The molecule has 0 aliphatic rings. The molecule has 2 aromatic heterocycles. The van der Waals surface area contributed by atoms with Gasteiger partial charge in [-0.3, -0.25) is 0 Å². The second-order valence-corrected chi connectivity index (χ2v) is 6.98. The van der Waals surface area contributed by atoms with Gasteiger partial charge in [-0.05, 0) is 31.6 Å². The third kappa shape index (κ3) is 4.04. The van der Waals surface area contributed by atoms with Crippen molar-refractivity contribution >= 4 is 39.0 Å². The van der Waals surface area contributed by atoms with Crippen LogP contribution in [0.2, 0.25) is 0 Å². The minimum Gasteiger partial charge on any atom is -0.478 e. The van der Waals surface area contributed by atoms with Gasteiger partial charge in [-0.15, -0.1) is 11.3 Å². The van der Waals surface area contributed by atoms with Crippen LogP contribution in [0.5, 0.6) is 0 Å². The van der Waals surface area contributed by atoms with E-state index in [9.17, 15) is 14.3 Å². The third-order valence-electron chi connectivity index (χ3n) is 4.16. The van der Waals surface area contributed by atoms with Gasteiger partial charge in [0.15, 0.2) is 11.4 Å². The zero-order valence-corrected chi connectivity index (χ0v) is 16.3. The minimum absolute atomic E-state index is 0.0856. The number of carboxylic acid groups (broad SMARTS) is 1. The molecule has 0 radical (unpaired) electrons. The van der Waals surface area contributed by atoms with E-state index in [0.717, 1.165) is 5.57 Å². The predicted octanol–water partition coefficient (Wildman–Crippen LogP) is 5.87. The van der Waals surface area contributed by atoms with E-state index in [4.69, 9.17) is 4.42 Å². The predicted molar refractivity (Wildman–Crippen MR) is 110 cm³/mol. The molecule has 28 heavy (non-hydrogen) atoms. The lowest BCUT2D eigenvalue weighted by molar-refractivity contribution is 0.0698. The van der Waals surface area contributed by atoms with Crippen LogP contribution in [0.4, 0.5) is 9.39 Å². The fraction of sp³-hybridized carbons (Fsp3) is 0.143. The summed E-state index contributed by atoms with van der Waals surface area (Å²) < 4.78 is 19.2. The lowest BCUT2D eigenvalue weighted by atomic mass is 10.0. The Morgan fingerprint density at radius 3 is 2.89 bits per heavy atom. The van der Waals surface area contributed by atoms with E-state index in [1.807, 2.05) is 26.0 Å². The molecule has 0 amide bonds. The van der Waals surface area contributed by atoms with Gasteiger partial charge in [-0.25, -0.2) is 14.2 Å². The SMILES string of the molecule is C=C(C=CC(C)=CC)c1csc(NCc2nc3cccc(F)c3o2)c1C(=O)O. The van der Waals surface area contributed by atoms with Gasteiger partial charge < -0.3 is 14.8 Å². The zero-order valence-electron chi connectivity index (χ0n) is 15.5. The highest BCUT2D eigenvalue weighted by Crippen LogP contribution is 2.33. The Hall–Kier alpha value is -3.19. The van der Waals surface area contributed by atoms with Crippen molar-refractivity contribution in [3.63, 3.8) is 0 Å². The maximum atomic E-state index is 13.7. The quantitative estimate of drug-likeness (QED) is 0.487. The summed E-state index contributed by atoms with van der Waals surface area (Å²) in [5.41, 5.74) is 2.84. The number of thiophene rings is 1. The number of oxazole rings is 1. The molecule has 7 heteroatoms. The van der Waals surface area contributed by atoms with Crippen LogP contribution in [0, 0.1) is 5.82 Å². The minimum atomic E-state index is -1.06. The Labute approximate surface area is 165 Å². The van der Waals surface area contributed by atoms with Crippen molar-refractivity contribution in [3.05, 3.63) is 76.8 Å². The van der Waals surface area contributed by atoms with E-state index >= 15 is 0 Å². The van der Waals surface area contributed by atoms with Gasteiger partial charge >= 0.3 is 5.97 Å². The number of benzene rings is 1. The number of nitrogens with one attached hydrogen (secondary N) is 1. The Morgan fingerprint density at radius 1 is 1.43 bits per heavy atom. The second-order valence-electron chi connectivity index (χ2n) is 6.10. The molecule has 2 N–H and O–H groups in total. The largest absolute Gasteiger partial charge is 0.478 e. The van der Waals surface area contributed by atoms with Crippen LogP contribution in [0.15, 0.2) is 58.4 Å². The fourth-order valence-electron chi connectivity index (χ4n) is 2.55. The third-order valence-corrected chi connectivity index (χ3v) is 5.10. The summed E-state index contributed by atoms with van der Waals surface area (Å²) in [6.07, 6.45) is 5.62. The van der Waals surface area contributed by atoms with Crippen molar-refractivity contribution < 1.29 is 18.7 Å². The number of hydrogen-bond donors (Lipinski definition) is 2. The van der Waals surface area contributed by atoms with Crippen LogP contribution in [0.1, 0.15) is 35.7 Å². The maximum Gasteiger partial charge on any atom is 0.339 e. The molecule has 0 bridgehead atoms. The number of aromatic nitrogens is 1. The van der Waals surface area contributed by atoms with Gasteiger partial charge in [0.1, 0.15) is 16.1 Å². The fourth-order valence-corrected chi connectivity index (χ4v) is 3.52. The van der Waals surface area contributed by atoms with Crippen molar-refractivity contribution in [2.45, 2.75) is 20.4 Å². The molecule has 0 atom stereocenters. The summed E-state index contributed by atoms with van der Waals surface area (Å²) in [5.74, 6) is -1.27. The van der Waals surface area contributed by atoms with Gasteiger partial charge in [-0.1, -0.05) is 36.4 Å². The molecule has 0 unspecified atom stereocenters. The molecule has 0 saturated carbocycles. The number of para-hydroxylation sites is 1. The van der Waals surface area contributed by atoms with E-state index in [2.05, 4.69) is 16.9 Å². The number of carboxylic acids is 1. The summed E-state index contributed by atoms with van der Waals surface area (Å²) in [6.45, 7) is 7.98. The Balaban J connectivity index is 1.83. The first-order valence-electron chi connectivity index (χ1n) is 8.53. The second kappa shape index (κ2) is 8.22. The van der Waals surface area contributed by atoms with Crippen LogP contribution in [-0.2, 0) is 6.54 Å². The van der Waals surface area contributed by atoms with Crippen molar-refractivity contribution in [1.82, 2.24) is 4.98 Å². The van der Waals surface area contributed by atoms with Crippen LogP contribution >= 0.6 is 11.3 Å². The summed E-state index contributed by atoms with van der Waals surface area (Å²) in [4.78, 5) is 16.0. The average molecular weight is 398 g/mol. The number of halogens is 1. The van der Waals surface area contributed by atoms with Crippen LogP contribution in [-0.4, -0.2) is 16.1 Å². The first kappa shape index (κ1) is 19.6. The van der Waals surface area contributed by atoms with E-state index < -0.39 is 11.8 Å². The van der Waals surface area contributed by atoms with Crippen molar-refractivity contribution in [2.24, 2.45) is 0 Å². The van der Waals surface area contributed by atoms with Gasteiger partial charge in [0, 0.05) is 10.9 Å².